The SMILES string of the molecule is CC12CCC3C(C1CCC2CC(CO)CO)C(F)(F)CC1CCCCC13C. The van der Waals surface area contributed by atoms with E-state index in [1.165, 1.54) is 6.42 Å². The van der Waals surface area contributed by atoms with Gasteiger partial charge in [0.05, 0.1) is 0 Å². The molecule has 2 nitrogen and oxygen atoms in total. The van der Waals surface area contributed by atoms with Gasteiger partial charge in [0.2, 0.25) is 0 Å². The van der Waals surface area contributed by atoms with Crippen LogP contribution in [0.25, 0.3) is 0 Å². The molecule has 156 valence electrons. The number of aliphatic hydroxyl groups excluding tert-OH is 2. The molecule has 4 rings (SSSR count). The highest BCUT2D eigenvalue weighted by Crippen LogP contribution is 2.70. The Hall–Kier alpha value is -0.220. The van der Waals surface area contributed by atoms with Crippen LogP contribution < -0.4 is 0 Å². The Morgan fingerprint density at radius 2 is 1.59 bits per heavy atom. The molecule has 4 aliphatic rings. The summed E-state index contributed by atoms with van der Waals surface area (Å²) >= 11 is 0. The molecular formula is C23H38F2O2. The van der Waals surface area contributed by atoms with E-state index < -0.39 is 11.8 Å². The second-order valence-corrected chi connectivity index (χ2v) is 10.9. The molecule has 4 fully saturated rings. The van der Waals surface area contributed by atoms with Gasteiger partial charge in [0.15, 0.2) is 0 Å². The molecule has 0 aliphatic heterocycles. The van der Waals surface area contributed by atoms with E-state index in [0.29, 0.717) is 5.92 Å². The Labute approximate surface area is 163 Å². The summed E-state index contributed by atoms with van der Waals surface area (Å²) in [6, 6.07) is 0. The maximum atomic E-state index is 15.5. The number of hydrogen-bond acceptors (Lipinski definition) is 2. The van der Waals surface area contributed by atoms with Crippen LogP contribution in [0.5, 0.6) is 0 Å². The van der Waals surface area contributed by atoms with Crippen LogP contribution in [0.1, 0.15) is 78.1 Å². The molecule has 4 heteroatoms. The molecule has 0 heterocycles. The van der Waals surface area contributed by atoms with Crippen LogP contribution in [0, 0.1) is 46.3 Å². The maximum absolute atomic E-state index is 15.5. The predicted octanol–water partition coefficient (Wildman–Crippen LogP) is 5.27. The predicted molar refractivity (Wildman–Crippen MR) is 102 cm³/mol. The fraction of sp³-hybridized carbons (Fsp3) is 1.00. The van der Waals surface area contributed by atoms with E-state index in [-0.39, 0.29) is 54.1 Å². The molecule has 0 radical (unpaired) electrons. The molecule has 4 aliphatic carbocycles. The van der Waals surface area contributed by atoms with Crippen molar-refractivity contribution in [1.82, 2.24) is 0 Å². The summed E-state index contributed by atoms with van der Waals surface area (Å²) in [5.74, 6) is -2.24. The quantitative estimate of drug-likeness (QED) is 0.693. The number of alkyl halides is 2. The summed E-state index contributed by atoms with van der Waals surface area (Å²) in [7, 11) is 0. The van der Waals surface area contributed by atoms with Crippen LogP contribution in [-0.4, -0.2) is 29.3 Å². The maximum Gasteiger partial charge on any atom is 0.251 e. The zero-order valence-electron chi connectivity index (χ0n) is 17.1. The van der Waals surface area contributed by atoms with Crippen LogP contribution in [0.2, 0.25) is 0 Å². The van der Waals surface area contributed by atoms with Crippen molar-refractivity contribution in [2.75, 3.05) is 13.2 Å². The lowest BCUT2D eigenvalue weighted by atomic mass is 9.44. The van der Waals surface area contributed by atoms with Crippen LogP contribution in [-0.2, 0) is 0 Å². The third-order valence-electron chi connectivity index (χ3n) is 9.91. The van der Waals surface area contributed by atoms with Crippen molar-refractivity contribution in [3.8, 4) is 0 Å². The highest BCUT2D eigenvalue weighted by Gasteiger charge is 2.67. The molecule has 0 amide bonds. The lowest BCUT2D eigenvalue weighted by Gasteiger charge is -2.62. The average Bonchev–Trinajstić information content (AvgIpc) is 2.96. The summed E-state index contributed by atoms with van der Waals surface area (Å²) in [6.07, 6.45) is 9.24. The van der Waals surface area contributed by atoms with Gasteiger partial charge in [0, 0.05) is 31.5 Å². The second-order valence-electron chi connectivity index (χ2n) is 10.9. The molecule has 7 atom stereocenters. The number of fused-ring (bicyclic) bond motifs is 5. The Balaban J connectivity index is 1.62. The van der Waals surface area contributed by atoms with Gasteiger partial charge in [-0.15, -0.1) is 0 Å². The van der Waals surface area contributed by atoms with E-state index in [2.05, 4.69) is 13.8 Å². The van der Waals surface area contributed by atoms with E-state index in [1.807, 2.05) is 0 Å². The van der Waals surface area contributed by atoms with Gasteiger partial charge in [-0.2, -0.15) is 0 Å². The molecule has 0 spiro atoms. The smallest absolute Gasteiger partial charge is 0.251 e. The zero-order chi connectivity index (χ0) is 19.4. The van der Waals surface area contributed by atoms with Crippen LogP contribution in [0.3, 0.4) is 0 Å². The molecule has 0 aromatic rings. The first-order valence-electron chi connectivity index (χ1n) is 11.4. The first kappa shape index (κ1) is 20.1. The lowest BCUT2D eigenvalue weighted by Crippen LogP contribution is -2.60. The molecular weight excluding hydrogens is 346 g/mol. The summed E-state index contributed by atoms with van der Waals surface area (Å²) in [5.41, 5.74) is 0.0633. The summed E-state index contributed by atoms with van der Waals surface area (Å²) in [6.45, 7) is 4.58. The average molecular weight is 385 g/mol. The highest BCUT2D eigenvalue weighted by molar-refractivity contribution is 5.12. The molecule has 0 aromatic heterocycles. The summed E-state index contributed by atoms with van der Waals surface area (Å²) in [5, 5.41) is 19.0. The zero-order valence-corrected chi connectivity index (χ0v) is 17.1. The summed E-state index contributed by atoms with van der Waals surface area (Å²) in [4.78, 5) is 0. The van der Waals surface area contributed by atoms with Gasteiger partial charge < -0.3 is 10.2 Å². The van der Waals surface area contributed by atoms with Gasteiger partial charge >= 0.3 is 0 Å². The normalized spacial score (nSPS) is 48.8. The standard InChI is InChI=1S/C23H38F2O2/c1-21-9-4-3-5-17(21)12-23(24,25)20-18-7-6-16(11-15(13-26)14-27)22(18,2)10-8-19(20)21/h15-20,26-27H,3-14H2,1-2H3. The number of aliphatic hydroxyl groups is 2. The van der Waals surface area contributed by atoms with E-state index in [1.54, 1.807) is 0 Å². The fourth-order valence-electron chi connectivity index (χ4n) is 8.29. The van der Waals surface area contributed by atoms with Gasteiger partial charge in [-0.05, 0) is 79.4 Å². The van der Waals surface area contributed by atoms with Crippen LogP contribution in [0.4, 0.5) is 8.78 Å². The van der Waals surface area contributed by atoms with Gasteiger partial charge in [-0.25, -0.2) is 8.78 Å². The van der Waals surface area contributed by atoms with E-state index in [0.717, 1.165) is 51.4 Å². The summed E-state index contributed by atoms with van der Waals surface area (Å²) < 4.78 is 31.1. The van der Waals surface area contributed by atoms with Crippen molar-refractivity contribution >= 4 is 0 Å². The molecule has 4 saturated carbocycles. The van der Waals surface area contributed by atoms with Gasteiger partial charge in [0.1, 0.15) is 0 Å². The Kier molecular flexibility index (Phi) is 5.15. The minimum Gasteiger partial charge on any atom is -0.396 e. The first-order valence-corrected chi connectivity index (χ1v) is 11.4. The van der Waals surface area contributed by atoms with Crippen molar-refractivity contribution in [1.29, 1.82) is 0 Å². The molecule has 2 N–H and O–H groups in total. The topological polar surface area (TPSA) is 40.5 Å². The third kappa shape index (κ3) is 2.99. The number of hydrogen-bond donors (Lipinski definition) is 2. The Bertz CT molecular complexity index is 548. The van der Waals surface area contributed by atoms with E-state index in [4.69, 9.17) is 0 Å². The molecule has 0 aromatic carbocycles. The van der Waals surface area contributed by atoms with Crippen molar-refractivity contribution in [2.24, 2.45) is 46.3 Å². The monoisotopic (exact) mass is 384 g/mol. The second kappa shape index (κ2) is 6.93. The number of halogens is 2. The van der Waals surface area contributed by atoms with Gasteiger partial charge in [0.25, 0.3) is 5.92 Å². The molecule has 7 unspecified atom stereocenters. The molecule has 27 heavy (non-hydrogen) atoms. The minimum absolute atomic E-state index is 0.00425. The van der Waals surface area contributed by atoms with Gasteiger partial charge in [-0.1, -0.05) is 26.7 Å². The van der Waals surface area contributed by atoms with Crippen LogP contribution >= 0.6 is 0 Å². The third-order valence-corrected chi connectivity index (χ3v) is 9.91. The minimum atomic E-state index is -2.53. The fourth-order valence-corrected chi connectivity index (χ4v) is 8.29. The largest absolute Gasteiger partial charge is 0.396 e. The number of rotatable bonds is 4. The van der Waals surface area contributed by atoms with Crippen molar-refractivity contribution < 1.29 is 19.0 Å². The van der Waals surface area contributed by atoms with Crippen molar-refractivity contribution in [3.05, 3.63) is 0 Å². The lowest BCUT2D eigenvalue weighted by molar-refractivity contribution is -0.232. The van der Waals surface area contributed by atoms with Crippen molar-refractivity contribution in [2.45, 2.75) is 84.0 Å². The van der Waals surface area contributed by atoms with E-state index in [9.17, 15) is 10.2 Å². The van der Waals surface area contributed by atoms with Gasteiger partial charge in [-0.3, -0.25) is 0 Å². The first-order chi connectivity index (χ1) is 12.8. The molecule has 0 bridgehead atoms. The van der Waals surface area contributed by atoms with Crippen molar-refractivity contribution in [3.63, 3.8) is 0 Å². The van der Waals surface area contributed by atoms with Crippen LogP contribution in [0.15, 0.2) is 0 Å². The highest BCUT2D eigenvalue weighted by atomic mass is 19.3. The Morgan fingerprint density at radius 3 is 2.30 bits per heavy atom. The van der Waals surface area contributed by atoms with E-state index >= 15 is 8.78 Å². The molecule has 0 saturated heterocycles. The Morgan fingerprint density at radius 1 is 0.889 bits per heavy atom.